The van der Waals surface area contributed by atoms with Crippen LogP contribution in [0.4, 0.5) is 0 Å². The fourth-order valence-electron chi connectivity index (χ4n) is 5.75. The lowest BCUT2D eigenvalue weighted by atomic mass is 9.84. The van der Waals surface area contributed by atoms with Crippen LogP contribution < -0.4 is 5.73 Å². The molecule has 0 aromatic heterocycles. The van der Waals surface area contributed by atoms with E-state index in [1.165, 1.54) is 29.1 Å². The van der Waals surface area contributed by atoms with Gasteiger partial charge in [-0.3, -0.25) is 4.90 Å². The normalized spacial score (nSPS) is 28.7. The van der Waals surface area contributed by atoms with Gasteiger partial charge in [-0.25, -0.2) is 0 Å². The van der Waals surface area contributed by atoms with E-state index in [2.05, 4.69) is 93.9 Å². The number of hydrogen-bond acceptors (Lipinski definition) is 3. The number of allylic oxidation sites excluding steroid dienone is 8. The van der Waals surface area contributed by atoms with Crippen molar-refractivity contribution in [3.05, 3.63) is 82.8 Å². The lowest BCUT2D eigenvalue weighted by Crippen LogP contribution is -2.34. The van der Waals surface area contributed by atoms with Gasteiger partial charge < -0.3 is 10.6 Å². The molecule has 0 amide bonds. The third-order valence-corrected chi connectivity index (χ3v) is 7.97. The minimum Gasteiger partial charge on any atom is -0.402 e. The van der Waals surface area contributed by atoms with E-state index in [4.69, 9.17) is 5.73 Å². The molecule has 178 valence electrons. The van der Waals surface area contributed by atoms with Gasteiger partial charge >= 0.3 is 0 Å². The summed E-state index contributed by atoms with van der Waals surface area (Å²) in [4.78, 5) is 4.97. The summed E-state index contributed by atoms with van der Waals surface area (Å²) >= 11 is 0. The number of hydrogen-bond donors (Lipinski definition) is 1. The van der Waals surface area contributed by atoms with E-state index in [0.717, 1.165) is 31.5 Å². The summed E-state index contributed by atoms with van der Waals surface area (Å²) in [5, 5.41) is 0. The van der Waals surface area contributed by atoms with Gasteiger partial charge in [0, 0.05) is 17.6 Å². The molecule has 0 aromatic rings. The van der Waals surface area contributed by atoms with Crippen LogP contribution in [-0.2, 0) is 0 Å². The van der Waals surface area contributed by atoms with Crippen molar-refractivity contribution in [3.8, 4) is 0 Å². The monoisotopic (exact) mass is 445 g/mol. The number of rotatable bonds is 6. The van der Waals surface area contributed by atoms with Crippen molar-refractivity contribution in [3.63, 3.8) is 0 Å². The fourth-order valence-corrected chi connectivity index (χ4v) is 5.75. The highest BCUT2D eigenvalue weighted by molar-refractivity contribution is 5.48. The van der Waals surface area contributed by atoms with Crippen molar-refractivity contribution < 1.29 is 0 Å². The van der Waals surface area contributed by atoms with Gasteiger partial charge in [-0.1, -0.05) is 77.5 Å². The molecule has 0 spiro atoms. The minimum absolute atomic E-state index is 0.293. The fraction of sp³-hybridized carbons (Fsp3) is 0.533. The van der Waals surface area contributed by atoms with Crippen LogP contribution in [0.2, 0.25) is 0 Å². The van der Waals surface area contributed by atoms with Crippen molar-refractivity contribution in [1.82, 2.24) is 9.80 Å². The first-order chi connectivity index (χ1) is 15.9. The molecule has 1 aliphatic heterocycles. The summed E-state index contributed by atoms with van der Waals surface area (Å²) in [5.41, 5.74) is 13.4. The second kappa shape index (κ2) is 9.83. The van der Waals surface area contributed by atoms with Crippen LogP contribution >= 0.6 is 0 Å². The average Bonchev–Trinajstić information content (AvgIpc) is 3.16. The largest absolute Gasteiger partial charge is 0.402 e. The van der Waals surface area contributed by atoms with Crippen LogP contribution in [0.1, 0.15) is 73.6 Å². The Morgan fingerprint density at radius 2 is 1.85 bits per heavy atom. The quantitative estimate of drug-likeness (QED) is 0.463. The molecule has 3 atom stereocenters. The molecule has 0 saturated heterocycles. The molecule has 4 rings (SSSR count). The summed E-state index contributed by atoms with van der Waals surface area (Å²) in [6.07, 6.45) is 24.1. The molecule has 0 radical (unpaired) electrons. The lowest BCUT2D eigenvalue weighted by Gasteiger charge is -2.34. The summed E-state index contributed by atoms with van der Waals surface area (Å²) in [7, 11) is 0. The average molecular weight is 446 g/mol. The van der Waals surface area contributed by atoms with E-state index < -0.39 is 0 Å². The molecule has 33 heavy (non-hydrogen) atoms. The highest BCUT2D eigenvalue weighted by atomic mass is 15.4. The molecular formula is C30H43N3. The third kappa shape index (κ3) is 4.39. The second-order valence-electron chi connectivity index (χ2n) is 10.6. The molecule has 0 bridgehead atoms. The Kier molecular flexibility index (Phi) is 7.07. The Bertz CT molecular complexity index is 967. The topological polar surface area (TPSA) is 32.5 Å². The van der Waals surface area contributed by atoms with Crippen LogP contribution in [-0.4, -0.2) is 15.8 Å². The van der Waals surface area contributed by atoms with E-state index in [1.807, 2.05) is 6.20 Å². The Morgan fingerprint density at radius 1 is 1.06 bits per heavy atom. The van der Waals surface area contributed by atoms with Crippen molar-refractivity contribution >= 4 is 0 Å². The molecule has 3 nitrogen and oxygen atoms in total. The standard InChI is InChI=1S/C30H43N3/c1-7-22-17-28-29(18-23(22)8-2)33(27-15-11-25(12-16-27)21(5)6)30(19-31)32(28)26-13-9-24(10-14-26)20(3)4/h9-11,13,15-17,19-21,23,25-26H,7-8,12,14,18,31H2,1-6H3/b30-19-/t23-,25-,26+/m1/s1. The zero-order valence-corrected chi connectivity index (χ0v) is 21.5. The van der Waals surface area contributed by atoms with E-state index in [0.29, 0.717) is 29.7 Å². The van der Waals surface area contributed by atoms with Gasteiger partial charge in [0.15, 0.2) is 0 Å². The summed E-state index contributed by atoms with van der Waals surface area (Å²) < 4.78 is 0. The van der Waals surface area contributed by atoms with Crippen LogP contribution in [0.5, 0.6) is 0 Å². The Balaban J connectivity index is 1.74. The van der Waals surface area contributed by atoms with E-state index >= 15 is 0 Å². The summed E-state index contributed by atoms with van der Waals surface area (Å²) in [5.74, 6) is 3.57. The predicted octanol–water partition coefficient (Wildman–Crippen LogP) is 7.37. The van der Waals surface area contributed by atoms with Gasteiger partial charge in [0.05, 0.1) is 11.7 Å². The molecule has 1 heterocycles. The summed E-state index contributed by atoms with van der Waals surface area (Å²) in [6, 6.07) is 0.293. The van der Waals surface area contributed by atoms with Gasteiger partial charge in [0.1, 0.15) is 5.82 Å². The molecule has 0 unspecified atom stereocenters. The highest BCUT2D eigenvalue weighted by Gasteiger charge is 2.41. The maximum atomic E-state index is 6.38. The molecular weight excluding hydrogens is 402 g/mol. The molecule has 0 aromatic carbocycles. The second-order valence-corrected chi connectivity index (χ2v) is 10.6. The van der Waals surface area contributed by atoms with E-state index in [-0.39, 0.29) is 0 Å². The maximum Gasteiger partial charge on any atom is 0.134 e. The van der Waals surface area contributed by atoms with Crippen molar-refractivity contribution in [2.75, 3.05) is 0 Å². The first-order valence-electron chi connectivity index (χ1n) is 13.1. The predicted molar refractivity (Wildman–Crippen MR) is 140 cm³/mol. The summed E-state index contributed by atoms with van der Waals surface area (Å²) in [6.45, 7) is 13.8. The number of nitrogens with zero attached hydrogens (tertiary/aromatic N) is 2. The van der Waals surface area contributed by atoms with Crippen molar-refractivity contribution in [1.29, 1.82) is 0 Å². The van der Waals surface area contributed by atoms with Crippen molar-refractivity contribution in [2.45, 2.75) is 79.7 Å². The maximum absolute atomic E-state index is 6.38. The Labute approximate surface area is 201 Å². The van der Waals surface area contributed by atoms with Crippen LogP contribution in [0.3, 0.4) is 0 Å². The lowest BCUT2D eigenvalue weighted by molar-refractivity contribution is 0.329. The van der Waals surface area contributed by atoms with Crippen LogP contribution in [0.25, 0.3) is 0 Å². The Morgan fingerprint density at radius 3 is 2.36 bits per heavy atom. The molecule has 0 fully saturated rings. The first kappa shape index (κ1) is 23.7. The van der Waals surface area contributed by atoms with Crippen LogP contribution in [0, 0.1) is 23.7 Å². The third-order valence-electron chi connectivity index (χ3n) is 7.97. The van der Waals surface area contributed by atoms with Crippen molar-refractivity contribution in [2.24, 2.45) is 29.4 Å². The highest BCUT2D eigenvalue weighted by Crippen LogP contribution is 2.47. The zero-order chi connectivity index (χ0) is 23.7. The van der Waals surface area contributed by atoms with Gasteiger partial charge in [-0.05, 0) is 73.5 Å². The van der Waals surface area contributed by atoms with Gasteiger partial charge in [0.25, 0.3) is 0 Å². The van der Waals surface area contributed by atoms with E-state index in [9.17, 15) is 0 Å². The van der Waals surface area contributed by atoms with Gasteiger partial charge in [0.2, 0.25) is 0 Å². The van der Waals surface area contributed by atoms with Gasteiger partial charge in [-0.15, -0.1) is 0 Å². The van der Waals surface area contributed by atoms with Gasteiger partial charge in [-0.2, -0.15) is 0 Å². The van der Waals surface area contributed by atoms with E-state index in [1.54, 1.807) is 5.57 Å². The van der Waals surface area contributed by atoms with Crippen LogP contribution in [0.15, 0.2) is 82.8 Å². The Hall–Kier alpha value is -2.42. The molecule has 2 N–H and O–H groups in total. The SMILES string of the molecule is CCC1=CC2=C(C[C@H]1CC)N(C1=CC[C@H](C(C)C)C=C1)/C(=C\N)N2[C@H]1C=CC(C(C)C)=CC1. The molecule has 3 aliphatic carbocycles. The minimum atomic E-state index is 0.293. The first-order valence-corrected chi connectivity index (χ1v) is 13.1. The smallest absolute Gasteiger partial charge is 0.134 e. The molecule has 4 aliphatic rings. The number of nitrogens with two attached hydrogens (primary N) is 1. The molecule has 0 saturated carbocycles. The molecule has 3 heteroatoms. The zero-order valence-electron chi connectivity index (χ0n) is 21.5.